The lowest BCUT2D eigenvalue weighted by molar-refractivity contribution is -0.166. The van der Waals surface area contributed by atoms with E-state index in [-0.39, 0.29) is 11.2 Å². The van der Waals surface area contributed by atoms with Gasteiger partial charge in [0.15, 0.2) is 18.4 Å². The van der Waals surface area contributed by atoms with Crippen molar-refractivity contribution in [2.24, 2.45) is 0 Å². The van der Waals surface area contributed by atoms with Gasteiger partial charge in [-0.2, -0.15) is 0 Å². The van der Waals surface area contributed by atoms with E-state index in [1.807, 2.05) is 0 Å². The van der Waals surface area contributed by atoms with Gasteiger partial charge in [-0.15, -0.1) is 0 Å². The van der Waals surface area contributed by atoms with Crippen molar-refractivity contribution in [2.75, 3.05) is 6.61 Å². The Labute approximate surface area is 153 Å². The van der Waals surface area contributed by atoms with Crippen LogP contribution in [0.4, 0.5) is 0 Å². The van der Waals surface area contributed by atoms with Gasteiger partial charge in [0.05, 0.1) is 0 Å². The average Bonchev–Trinajstić information content (AvgIpc) is 2.82. The fourth-order valence-electron chi connectivity index (χ4n) is 2.54. The molecule has 11 heteroatoms. The highest BCUT2D eigenvalue weighted by atomic mass is 32.1. The maximum atomic E-state index is 12.2. The molecule has 0 aromatic carbocycles. The van der Waals surface area contributed by atoms with Gasteiger partial charge in [0.2, 0.25) is 0 Å². The largest absolute Gasteiger partial charge is 0.463 e. The zero-order valence-corrected chi connectivity index (χ0v) is 15.1. The molecule has 1 aromatic heterocycles. The van der Waals surface area contributed by atoms with Crippen molar-refractivity contribution in [3.63, 3.8) is 0 Å². The number of nitrogens with zero attached hydrogens (tertiary/aromatic N) is 1. The van der Waals surface area contributed by atoms with Crippen LogP contribution in [0, 0.1) is 4.64 Å². The van der Waals surface area contributed by atoms with E-state index in [1.54, 1.807) is 0 Å². The third-order valence-corrected chi connectivity index (χ3v) is 3.70. The lowest BCUT2D eigenvalue weighted by Gasteiger charge is -2.23. The van der Waals surface area contributed by atoms with Crippen LogP contribution in [-0.4, -0.2) is 52.4 Å². The van der Waals surface area contributed by atoms with Gasteiger partial charge in [-0.1, -0.05) is 12.2 Å². The van der Waals surface area contributed by atoms with E-state index in [1.165, 1.54) is 33.0 Å². The number of aromatic amines is 1. The van der Waals surface area contributed by atoms with Gasteiger partial charge in [0.25, 0.3) is 0 Å². The van der Waals surface area contributed by atoms with Gasteiger partial charge in [-0.3, -0.25) is 23.9 Å². The molecular weight excluding hydrogens is 368 g/mol. The minimum Gasteiger partial charge on any atom is -0.463 e. The van der Waals surface area contributed by atoms with Crippen LogP contribution in [0.3, 0.4) is 0 Å². The van der Waals surface area contributed by atoms with E-state index >= 15 is 0 Å². The molecule has 0 radical (unpaired) electrons. The van der Waals surface area contributed by atoms with Gasteiger partial charge in [-0.05, 0) is 6.07 Å². The second-order valence-corrected chi connectivity index (χ2v) is 5.97. The highest BCUT2D eigenvalue weighted by Crippen LogP contribution is 2.33. The molecule has 2 heterocycles. The summed E-state index contributed by atoms with van der Waals surface area (Å²) in [5.74, 6) is -1.88. The predicted octanol–water partition coefficient (Wildman–Crippen LogP) is 0.230. The number of carbonyl (C=O) groups excluding carboxylic acids is 3. The quantitative estimate of drug-likeness (QED) is 0.430. The average molecular weight is 386 g/mol. The molecule has 142 valence electrons. The Hall–Kier alpha value is -2.53. The number of carbonyl (C=O) groups is 3. The lowest BCUT2D eigenvalue weighted by Crippen LogP contribution is -2.41. The first-order valence-electron chi connectivity index (χ1n) is 7.63. The van der Waals surface area contributed by atoms with Crippen molar-refractivity contribution in [3.05, 3.63) is 27.4 Å². The third-order valence-electron chi connectivity index (χ3n) is 3.47. The van der Waals surface area contributed by atoms with Gasteiger partial charge in [0.1, 0.15) is 17.4 Å². The van der Waals surface area contributed by atoms with Crippen LogP contribution in [0.1, 0.15) is 27.0 Å². The number of rotatable bonds is 5. The third kappa shape index (κ3) is 4.76. The molecule has 26 heavy (non-hydrogen) atoms. The van der Waals surface area contributed by atoms with Crippen molar-refractivity contribution >= 4 is 30.1 Å². The summed E-state index contributed by atoms with van der Waals surface area (Å²) < 4.78 is 22.4. The summed E-state index contributed by atoms with van der Waals surface area (Å²) in [6.07, 6.45) is -2.88. The van der Waals surface area contributed by atoms with Crippen molar-refractivity contribution in [2.45, 2.75) is 45.3 Å². The molecule has 0 aliphatic carbocycles. The summed E-state index contributed by atoms with van der Waals surface area (Å²) in [5.41, 5.74) is -0.602. The monoisotopic (exact) mass is 386 g/mol. The lowest BCUT2D eigenvalue weighted by atomic mass is 10.1. The summed E-state index contributed by atoms with van der Waals surface area (Å²) in [6, 6.07) is 1.45. The molecule has 1 N–H and O–H groups in total. The summed E-state index contributed by atoms with van der Waals surface area (Å²) in [5, 5.41) is 0. The second-order valence-electron chi connectivity index (χ2n) is 5.53. The van der Waals surface area contributed by atoms with E-state index in [2.05, 4.69) is 4.98 Å². The van der Waals surface area contributed by atoms with Crippen LogP contribution >= 0.6 is 12.2 Å². The molecule has 1 aromatic rings. The zero-order valence-electron chi connectivity index (χ0n) is 14.3. The van der Waals surface area contributed by atoms with E-state index in [4.69, 9.17) is 31.2 Å². The fraction of sp³-hybridized carbons (Fsp3) is 0.533. The molecule has 1 aliphatic heterocycles. The smallest absolute Gasteiger partial charge is 0.328 e. The number of hydrogen-bond donors (Lipinski definition) is 1. The summed E-state index contributed by atoms with van der Waals surface area (Å²) >= 11 is 4.89. The normalized spacial score (nSPS) is 24.7. The summed E-state index contributed by atoms with van der Waals surface area (Å²) in [4.78, 5) is 48.7. The second kappa shape index (κ2) is 8.23. The van der Waals surface area contributed by atoms with Crippen molar-refractivity contribution < 1.29 is 33.3 Å². The summed E-state index contributed by atoms with van der Waals surface area (Å²) in [7, 11) is 0. The standard InChI is InChI=1S/C15H18N2O8S/c1-7(18)22-6-10-12(23-8(2)19)13(24-9(3)20)14(25-10)17-5-4-11(26)16-15(17)21/h4-5,10,12-14H,6H2,1-3H3,(H,16,21,26)/t10-,12-,13+,14-/m1/s1. The maximum Gasteiger partial charge on any atom is 0.328 e. The molecule has 4 atom stereocenters. The number of H-pyrrole nitrogens is 1. The topological polar surface area (TPSA) is 126 Å². The van der Waals surface area contributed by atoms with E-state index in [9.17, 15) is 19.2 Å². The highest BCUT2D eigenvalue weighted by Gasteiger charge is 2.50. The Morgan fingerprint density at radius 2 is 1.77 bits per heavy atom. The Morgan fingerprint density at radius 1 is 1.15 bits per heavy atom. The Balaban J connectivity index is 2.41. The number of hydrogen-bond acceptors (Lipinski definition) is 9. The maximum absolute atomic E-state index is 12.2. The molecule has 0 spiro atoms. The molecule has 0 amide bonds. The SMILES string of the molecule is CC(=O)OC[C@H]1O[C@@H](n2ccc(=S)[nH]c2=O)[C@@H](OC(C)=O)[C@@H]1OC(C)=O. The van der Waals surface area contributed by atoms with Crippen molar-refractivity contribution in [1.29, 1.82) is 0 Å². The van der Waals surface area contributed by atoms with Gasteiger partial charge in [0, 0.05) is 27.0 Å². The first kappa shape index (κ1) is 19.8. The van der Waals surface area contributed by atoms with Crippen LogP contribution in [0.15, 0.2) is 17.1 Å². The molecule has 2 rings (SSSR count). The van der Waals surface area contributed by atoms with Crippen LogP contribution in [-0.2, 0) is 33.3 Å². The predicted molar refractivity (Wildman–Crippen MR) is 87.5 cm³/mol. The number of esters is 3. The summed E-state index contributed by atoms with van der Waals surface area (Å²) in [6.45, 7) is 3.30. The minimum absolute atomic E-state index is 0.210. The van der Waals surface area contributed by atoms with Crippen LogP contribution in [0.2, 0.25) is 0 Å². The fourth-order valence-corrected chi connectivity index (χ4v) is 2.69. The number of ether oxygens (including phenoxy) is 4. The van der Waals surface area contributed by atoms with Gasteiger partial charge < -0.3 is 18.9 Å². The molecule has 1 saturated heterocycles. The van der Waals surface area contributed by atoms with Gasteiger partial charge in [-0.25, -0.2) is 4.79 Å². The molecular formula is C15H18N2O8S. The number of aromatic nitrogens is 2. The molecule has 10 nitrogen and oxygen atoms in total. The highest BCUT2D eigenvalue weighted by molar-refractivity contribution is 7.71. The molecule has 1 aliphatic rings. The minimum atomic E-state index is -1.13. The van der Waals surface area contributed by atoms with Crippen molar-refractivity contribution in [1.82, 2.24) is 9.55 Å². The van der Waals surface area contributed by atoms with E-state index in [0.717, 1.165) is 4.57 Å². The number of nitrogens with one attached hydrogen (secondary N) is 1. The Kier molecular flexibility index (Phi) is 6.27. The van der Waals surface area contributed by atoms with Gasteiger partial charge >= 0.3 is 23.6 Å². The molecule has 0 unspecified atom stereocenters. The first-order chi connectivity index (χ1) is 12.2. The van der Waals surface area contributed by atoms with Crippen LogP contribution in [0.5, 0.6) is 0 Å². The Bertz CT molecular complexity index is 816. The zero-order chi connectivity index (χ0) is 19.4. The van der Waals surface area contributed by atoms with E-state index in [0.29, 0.717) is 0 Å². The van der Waals surface area contributed by atoms with Crippen molar-refractivity contribution in [3.8, 4) is 0 Å². The Morgan fingerprint density at radius 3 is 2.31 bits per heavy atom. The van der Waals surface area contributed by atoms with E-state index < -0.39 is 48.1 Å². The van der Waals surface area contributed by atoms with Crippen LogP contribution < -0.4 is 5.69 Å². The molecule has 1 fully saturated rings. The first-order valence-corrected chi connectivity index (χ1v) is 8.04. The molecule has 0 bridgehead atoms. The van der Waals surface area contributed by atoms with Crippen LogP contribution in [0.25, 0.3) is 0 Å². The molecule has 0 saturated carbocycles.